The van der Waals surface area contributed by atoms with Gasteiger partial charge in [-0.1, -0.05) is 19.1 Å². The van der Waals surface area contributed by atoms with Gasteiger partial charge in [0.15, 0.2) is 0 Å². The molecule has 0 saturated heterocycles. The van der Waals surface area contributed by atoms with E-state index in [4.69, 9.17) is 5.73 Å². The molecule has 0 fully saturated rings. The quantitative estimate of drug-likeness (QED) is 0.849. The van der Waals surface area contributed by atoms with Gasteiger partial charge in [-0.3, -0.25) is 4.79 Å². The molecule has 1 amide bonds. The van der Waals surface area contributed by atoms with Crippen LogP contribution in [0.3, 0.4) is 0 Å². The first-order chi connectivity index (χ1) is 8.08. The summed E-state index contributed by atoms with van der Waals surface area (Å²) in [5, 5.41) is 0. The maximum Gasteiger partial charge on any atom is 0.226 e. The molecule has 0 aliphatic carbocycles. The molecule has 0 radical (unpaired) electrons. The van der Waals surface area contributed by atoms with Crippen molar-refractivity contribution in [3.05, 3.63) is 35.6 Å². The fourth-order valence-electron chi connectivity index (χ4n) is 1.61. The Labute approximate surface area is 101 Å². The predicted octanol–water partition coefficient (Wildman–Crippen LogP) is 1.77. The van der Waals surface area contributed by atoms with Crippen LogP contribution >= 0.6 is 0 Å². The van der Waals surface area contributed by atoms with Gasteiger partial charge in [-0.25, -0.2) is 4.39 Å². The van der Waals surface area contributed by atoms with Crippen LogP contribution in [0.2, 0.25) is 0 Å². The van der Waals surface area contributed by atoms with Crippen LogP contribution in [0.4, 0.5) is 4.39 Å². The van der Waals surface area contributed by atoms with Crippen molar-refractivity contribution in [2.24, 2.45) is 11.7 Å². The Kier molecular flexibility index (Phi) is 5.10. The Morgan fingerprint density at radius 3 is 2.76 bits per heavy atom. The van der Waals surface area contributed by atoms with E-state index < -0.39 is 0 Å². The van der Waals surface area contributed by atoms with Gasteiger partial charge in [0.2, 0.25) is 5.91 Å². The third-order valence-corrected chi connectivity index (χ3v) is 2.73. The molecule has 17 heavy (non-hydrogen) atoms. The summed E-state index contributed by atoms with van der Waals surface area (Å²) in [6.07, 6.45) is 0. The van der Waals surface area contributed by atoms with E-state index in [1.807, 2.05) is 13.0 Å². The van der Waals surface area contributed by atoms with Crippen molar-refractivity contribution >= 4 is 5.91 Å². The highest BCUT2D eigenvalue weighted by Gasteiger charge is 2.18. The number of hydrogen-bond donors (Lipinski definition) is 1. The lowest BCUT2D eigenvalue weighted by molar-refractivity contribution is -0.135. The van der Waals surface area contributed by atoms with Gasteiger partial charge in [-0.05, 0) is 24.6 Å². The summed E-state index contributed by atoms with van der Waals surface area (Å²) in [6, 6.07) is 6.30. The molecule has 4 heteroatoms. The summed E-state index contributed by atoms with van der Waals surface area (Å²) in [4.78, 5) is 13.6. The highest BCUT2D eigenvalue weighted by atomic mass is 19.1. The zero-order chi connectivity index (χ0) is 12.8. The number of nitrogens with zero attached hydrogens (tertiary/aromatic N) is 1. The van der Waals surface area contributed by atoms with Crippen LogP contribution in [0.1, 0.15) is 19.4 Å². The molecule has 2 N–H and O–H groups in total. The normalized spacial score (nSPS) is 12.2. The summed E-state index contributed by atoms with van der Waals surface area (Å²) in [5.41, 5.74) is 6.27. The Hall–Kier alpha value is -1.42. The average Bonchev–Trinajstić information content (AvgIpc) is 2.34. The summed E-state index contributed by atoms with van der Waals surface area (Å²) in [5.74, 6) is -0.458. The molecule has 1 aromatic carbocycles. The summed E-state index contributed by atoms with van der Waals surface area (Å²) >= 11 is 0. The molecule has 0 saturated carbocycles. The third-order valence-electron chi connectivity index (χ3n) is 2.73. The van der Waals surface area contributed by atoms with E-state index in [0.29, 0.717) is 19.6 Å². The molecule has 0 aliphatic rings. The number of amides is 1. The Bertz CT molecular complexity index is 381. The number of carbonyl (C=O) groups is 1. The van der Waals surface area contributed by atoms with E-state index in [2.05, 4.69) is 0 Å². The molecular formula is C13H19FN2O. The Balaban J connectivity index is 2.73. The van der Waals surface area contributed by atoms with Crippen molar-refractivity contribution in [3.8, 4) is 0 Å². The summed E-state index contributed by atoms with van der Waals surface area (Å²) < 4.78 is 13.0. The van der Waals surface area contributed by atoms with Gasteiger partial charge in [0, 0.05) is 25.6 Å². The smallest absolute Gasteiger partial charge is 0.226 e. The van der Waals surface area contributed by atoms with Crippen molar-refractivity contribution in [2.75, 3.05) is 13.1 Å². The number of nitrogens with two attached hydrogens (primary N) is 1. The van der Waals surface area contributed by atoms with Crippen LogP contribution in [-0.2, 0) is 11.3 Å². The van der Waals surface area contributed by atoms with E-state index in [-0.39, 0.29) is 17.6 Å². The summed E-state index contributed by atoms with van der Waals surface area (Å²) in [7, 11) is 0. The van der Waals surface area contributed by atoms with Crippen LogP contribution in [0.15, 0.2) is 24.3 Å². The molecule has 1 aromatic rings. The second-order valence-corrected chi connectivity index (χ2v) is 4.12. The molecule has 3 nitrogen and oxygen atoms in total. The van der Waals surface area contributed by atoms with Crippen molar-refractivity contribution in [1.82, 2.24) is 4.90 Å². The number of hydrogen-bond acceptors (Lipinski definition) is 2. The highest BCUT2D eigenvalue weighted by molar-refractivity contribution is 5.78. The average molecular weight is 238 g/mol. The van der Waals surface area contributed by atoms with Gasteiger partial charge in [0.1, 0.15) is 5.82 Å². The first-order valence-corrected chi connectivity index (χ1v) is 5.81. The van der Waals surface area contributed by atoms with Crippen LogP contribution in [0.25, 0.3) is 0 Å². The van der Waals surface area contributed by atoms with E-state index in [1.54, 1.807) is 17.9 Å². The van der Waals surface area contributed by atoms with Crippen molar-refractivity contribution in [3.63, 3.8) is 0 Å². The molecule has 1 rings (SSSR count). The largest absolute Gasteiger partial charge is 0.338 e. The number of carbonyl (C=O) groups excluding carboxylic acids is 1. The molecule has 1 atom stereocenters. The number of rotatable bonds is 5. The number of halogens is 1. The minimum Gasteiger partial charge on any atom is -0.338 e. The van der Waals surface area contributed by atoms with Gasteiger partial charge in [0.05, 0.1) is 0 Å². The van der Waals surface area contributed by atoms with Crippen LogP contribution < -0.4 is 5.73 Å². The van der Waals surface area contributed by atoms with Gasteiger partial charge in [-0.2, -0.15) is 0 Å². The van der Waals surface area contributed by atoms with Gasteiger partial charge >= 0.3 is 0 Å². The van der Waals surface area contributed by atoms with Gasteiger partial charge in [-0.15, -0.1) is 0 Å². The van der Waals surface area contributed by atoms with Crippen molar-refractivity contribution in [1.29, 1.82) is 0 Å². The van der Waals surface area contributed by atoms with Crippen molar-refractivity contribution < 1.29 is 9.18 Å². The minimum atomic E-state index is -0.280. The van der Waals surface area contributed by atoms with Gasteiger partial charge in [0.25, 0.3) is 0 Å². The van der Waals surface area contributed by atoms with Crippen LogP contribution in [0.5, 0.6) is 0 Å². The zero-order valence-corrected chi connectivity index (χ0v) is 10.3. The van der Waals surface area contributed by atoms with Crippen molar-refractivity contribution in [2.45, 2.75) is 20.4 Å². The summed E-state index contributed by atoms with van der Waals surface area (Å²) in [6.45, 7) is 5.06. The van der Waals surface area contributed by atoms with Crippen LogP contribution in [-0.4, -0.2) is 23.9 Å². The van der Waals surface area contributed by atoms with E-state index in [0.717, 1.165) is 5.56 Å². The minimum absolute atomic E-state index is 0.0132. The molecule has 0 aliphatic heterocycles. The molecule has 0 spiro atoms. The topological polar surface area (TPSA) is 46.3 Å². The zero-order valence-electron chi connectivity index (χ0n) is 10.3. The molecular weight excluding hydrogens is 219 g/mol. The first-order valence-electron chi connectivity index (χ1n) is 5.81. The first kappa shape index (κ1) is 13.6. The van der Waals surface area contributed by atoms with E-state index in [1.165, 1.54) is 12.1 Å². The molecule has 0 aromatic heterocycles. The van der Waals surface area contributed by atoms with E-state index in [9.17, 15) is 9.18 Å². The second-order valence-electron chi connectivity index (χ2n) is 4.12. The molecule has 94 valence electrons. The monoisotopic (exact) mass is 238 g/mol. The number of benzene rings is 1. The Morgan fingerprint density at radius 1 is 1.53 bits per heavy atom. The van der Waals surface area contributed by atoms with Gasteiger partial charge < -0.3 is 10.6 Å². The Morgan fingerprint density at radius 2 is 2.24 bits per heavy atom. The molecule has 1 unspecified atom stereocenters. The maximum atomic E-state index is 13.0. The second kappa shape index (κ2) is 6.35. The standard InChI is InChI=1S/C13H19FN2O/c1-3-16(13(17)10(2)8-15)9-11-5-4-6-12(14)7-11/h4-7,10H,3,8-9,15H2,1-2H3. The van der Waals surface area contributed by atoms with Crippen LogP contribution in [0, 0.1) is 11.7 Å². The highest BCUT2D eigenvalue weighted by Crippen LogP contribution is 2.10. The maximum absolute atomic E-state index is 13.0. The fraction of sp³-hybridized carbons (Fsp3) is 0.462. The lowest BCUT2D eigenvalue weighted by Gasteiger charge is -2.24. The van der Waals surface area contributed by atoms with E-state index >= 15 is 0 Å². The predicted molar refractivity (Wildman–Crippen MR) is 65.7 cm³/mol. The third kappa shape index (κ3) is 3.82. The lowest BCUT2D eigenvalue weighted by atomic mass is 10.1. The molecule has 0 heterocycles. The lowest BCUT2D eigenvalue weighted by Crippen LogP contribution is -2.37. The fourth-order valence-corrected chi connectivity index (χ4v) is 1.61. The SMILES string of the molecule is CCN(Cc1cccc(F)c1)C(=O)C(C)CN. The molecule has 0 bridgehead atoms.